The number of benzene rings is 2. The van der Waals surface area contributed by atoms with Crippen molar-refractivity contribution < 1.29 is 14.3 Å². The van der Waals surface area contributed by atoms with Gasteiger partial charge in [-0.15, -0.1) is 0 Å². The van der Waals surface area contributed by atoms with Crippen molar-refractivity contribution in [3.8, 4) is 5.75 Å². The normalized spacial score (nSPS) is 16.5. The summed E-state index contributed by atoms with van der Waals surface area (Å²) in [7, 11) is 0. The zero-order valence-corrected chi connectivity index (χ0v) is 14.9. The number of carbonyl (C=O) groups is 1. The first kappa shape index (κ1) is 16.9. The number of para-hydroxylation sites is 1. The van der Waals surface area contributed by atoms with Crippen LogP contribution in [0, 0.1) is 0 Å². The number of nitrogens with zero attached hydrogens (tertiary/aromatic N) is 2. The molecule has 1 fully saturated rings. The average molecular weight is 352 g/mol. The molecule has 0 N–H and O–H groups in total. The molecule has 0 radical (unpaired) electrons. The van der Waals surface area contributed by atoms with Crippen molar-refractivity contribution in [3.05, 3.63) is 54.1 Å². The molecule has 26 heavy (non-hydrogen) atoms. The highest BCUT2D eigenvalue weighted by atomic mass is 16.5. The largest absolute Gasteiger partial charge is 0.493 e. The highest BCUT2D eigenvalue weighted by Gasteiger charge is 2.25. The second-order valence-electron chi connectivity index (χ2n) is 6.62. The Morgan fingerprint density at radius 1 is 1.04 bits per heavy atom. The number of morpholine rings is 1. The lowest BCUT2D eigenvalue weighted by Crippen LogP contribution is -2.36. The van der Waals surface area contributed by atoms with Gasteiger partial charge in [0.25, 0.3) is 0 Å². The summed E-state index contributed by atoms with van der Waals surface area (Å²) in [6.07, 6.45) is 1.31. The van der Waals surface area contributed by atoms with E-state index in [0.29, 0.717) is 13.0 Å². The third-order valence-corrected chi connectivity index (χ3v) is 4.97. The molecule has 0 bridgehead atoms. The molecule has 2 aliphatic rings. The smallest absolute Gasteiger partial charge is 0.230 e. The van der Waals surface area contributed by atoms with Gasteiger partial charge >= 0.3 is 0 Å². The molecule has 0 saturated carbocycles. The molecule has 0 atom stereocenters. The zero-order valence-electron chi connectivity index (χ0n) is 14.9. The fourth-order valence-corrected chi connectivity index (χ4v) is 3.55. The molecule has 0 aliphatic carbocycles. The Morgan fingerprint density at radius 2 is 1.85 bits per heavy atom. The summed E-state index contributed by atoms with van der Waals surface area (Å²) in [6, 6.07) is 16.1. The SMILES string of the molecule is O=C(CCOc1ccccc1)N1CCc2ccc(N3CCOCC3)cc21. The zero-order chi connectivity index (χ0) is 17.8. The number of rotatable bonds is 5. The van der Waals surface area contributed by atoms with Gasteiger partial charge in [0, 0.05) is 31.0 Å². The van der Waals surface area contributed by atoms with E-state index in [1.54, 1.807) is 0 Å². The van der Waals surface area contributed by atoms with E-state index >= 15 is 0 Å². The van der Waals surface area contributed by atoms with Crippen LogP contribution >= 0.6 is 0 Å². The van der Waals surface area contributed by atoms with Crippen LogP contribution < -0.4 is 14.5 Å². The first-order chi connectivity index (χ1) is 12.8. The molecule has 0 unspecified atom stereocenters. The van der Waals surface area contributed by atoms with E-state index < -0.39 is 0 Å². The maximum Gasteiger partial charge on any atom is 0.230 e. The lowest BCUT2D eigenvalue weighted by Gasteiger charge is -2.29. The molecule has 1 saturated heterocycles. The molecular formula is C21H24N2O3. The van der Waals surface area contributed by atoms with Crippen LogP contribution in [0.4, 0.5) is 11.4 Å². The van der Waals surface area contributed by atoms with E-state index in [9.17, 15) is 4.79 Å². The van der Waals surface area contributed by atoms with Crippen LogP contribution in [0.1, 0.15) is 12.0 Å². The molecule has 2 heterocycles. The molecule has 2 aromatic rings. The Balaban J connectivity index is 1.40. The molecule has 4 rings (SSSR count). The van der Waals surface area contributed by atoms with Gasteiger partial charge in [-0.2, -0.15) is 0 Å². The molecule has 1 amide bonds. The van der Waals surface area contributed by atoms with Crippen LogP contribution in [-0.4, -0.2) is 45.4 Å². The summed E-state index contributed by atoms with van der Waals surface area (Å²) in [5, 5.41) is 0. The summed E-state index contributed by atoms with van der Waals surface area (Å²) in [4.78, 5) is 16.9. The molecule has 0 aromatic heterocycles. The third-order valence-electron chi connectivity index (χ3n) is 4.97. The number of anilines is 2. The van der Waals surface area contributed by atoms with Crippen LogP contribution in [0.25, 0.3) is 0 Å². The standard InChI is InChI=1S/C21H24N2O3/c24-21(9-13-26-19-4-2-1-3-5-19)23-10-8-17-6-7-18(16-20(17)23)22-11-14-25-15-12-22/h1-7,16H,8-15H2. The highest BCUT2D eigenvalue weighted by Crippen LogP contribution is 2.33. The van der Waals surface area contributed by atoms with Gasteiger partial charge < -0.3 is 19.3 Å². The molecule has 2 aromatic carbocycles. The first-order valence-electron chi connectivity index (χ1n) is 9.25. The monoisotopic (exact) mass is 352 g/mol. The van der Waals surface area contributed by atoms with Crippen LogP contribution in [0.2, 0.25) is 0 Å². The lowest BCUT2D eigenvalue weighted by molar-refractivity contribution is -0.119. The Morgan fingerprint density at radius 3 is 2.65 bits per heavy atom. The summed E-state index contributed by atoms with van der Waals surface area (Å²) >= 11 is 0. The molecule has 2 aliphatic heterocycles. The van der Waals surface area contributed by atoms with Crippen LogP contribution in [-0.2, 0) is 16.0 Å². The summed E-state index contributed by atoms with van der Waals surface area (Å²) in [6.45, 7) is 4.48. The number of ether oxygens (including phenoxy) is 2. The average Bonchev–Trinajstić information content (AvgIpc) is 3.13. The minimum atomic E-state index is 0.124. The predicted molar refractivity (Wildman–Crippen MR) is 102 cm³/mol. The quantitative estimate of drug-likeness (QED) is 0.830. The maximum atomic E-state index is 12.7. The van der Waals surface area contributed by atoms with Crippen molar-refractivity contribution in [1.29, 1.82) is 0 Å². The van der Waals surface area contributed by atoms with Gasteiger partial charge in [-0.25, -0.2) is 0 Å². The molecule has 5 nitrogen and oxygen atoms in total. The Hall–Kier alpha value is -2.53. The predicted octanol–water partition coefficient (Wildman–Crippen LogP) is 2.88. The van der Waals surface area contributed by atoms with E-state index in [4.69, 9.17) is 9.47 Å². The molecule has 136 valence electrons. The van der Waals surface area contributed by atoms with Crippen molar-refractivity contribution in [3.63, 3.8) is 0 Å². The third kappa shape index (κ3) is 3.68. The van der Waals surface area contributed by atoms with Crippen molar-refractivity contribution in [1.82, 2.24) is 0 Å². The lowest BCUT2D eigenvalue weighted by atomic mass is 10.1. The van der Waals surface area contributed by atoms with Gasteiger partial charge in [0.1, 0.15) is 5.75 Å². The van der Waals surface area contributed by atoms with Gasteiger partial charge in [0.05, 0.1) is 26.2 Å². The Kier molecular flexibility index (Phi) is 5.07. The van der Waals surface area contributed by atoms with Crippen LogP contribution in [0.3, 0.4) is 0 Å². The van der Waals surface area contributed by atoms with Gasteiger partial charge in [-0.1, -0.05) is 24.3 Å². The van der Waals surface area contributed by atoms with Crippen molar-refractivity contribution in [2.75, 3.05) is 49.3 Å². The summed E-state index contributed by atoms with van der Waals surface area (Å²) in [5.41, 5.74) is 3.48. The number of amides is 1. The Labute approximate surface area is 154 Å². The second kappa shape index (κ2) is 7.79. The van der Waals surface area contributed by atoms with Crippen molar-refractivity contribution in [2.24, 2.45) is 0 Å². The van der Waals surface area contributed by atoms with E-state index in [1.807, 2.05) is 35.2 Å². The van der Waals surface area contributed by atoms with Crippen LogP contribution in [0.15, 0.2) is 48.5 Å². The second-order valence-corrected chi connectivity index (χ2v) is 6.62. The fraction of sp³-hybridized carbons (Fsp3) is 0.381. The first-order valence-corrected chi connectivity index (χ1v) is 9.25. The van der Waals surface area contributed by atoms with Crippen molar-refractivity contribution in [2.45, 2.75) is 12.8 Å². The fourth-order valence-electron chi connectivity index (χ4n) is 3.55. The van der Waals surface area contributed by atoms with Gasteiger partial charge in [0.2, 0.25) is 5.91 Å². The van der Waals surface area contributed by atoms with E-state index in [-0.39, 0.29) is 5.91 Å². The molecule has 0 spiro atoms. The molecule has 5 heteroatoms. The van der Waals surface area contributed by atoms with E-state index in [1.165, 1.54) is 11.3 Å². The van der Waals surface area contributed by atoms with E-state index in [0.717, 1.165) is 50.7 Å². The number of carbonyl (C=O) groups excluding carboxylic acids is 1. The highest BCUT2D eigenvalue weighted by molar-refractivity contribution is 5.96. The Bertz CT molecular complexity index is 757. The van der Waals surface area contributed by atoms with E-state index in [2.05, 4.69) is 23.1 Å². The van der Waals surface area contributed by atoms with Crippen LogP contribution in [0.5, 0.6) is 5.75 Å². The number of hydrogen-bond donors (Lipinski definition) is 0. The van der Waals surface area contributed by atoms with Gasteiger partial charge in [0.15, 0.2) is 0 Å². The minimum Gasteiger partial charge on any atom is -0.493 e. The summed E-state index contributed by atoms with van der Waals surface area (Å²) in [5.74, 6) is 0.926. The van der Waals surface area contributed by atoms with Gasteiger partial charge in [-0.05, 0) is 36.2 Å². The van der Waals surface area contributed by atoms with Crippen molar-refractivity contribution >= 4 is 17.3 Å². The molecular weight excluding hydrogens is 328 g/mol. The number of fused-ring (bicyclic) bond motifs is 1. The topological polar surface area (TPSA) is 42.0 Å². The maximum absolute atomic E-state index is 12.7. The minimum absolute atomic E-state index is 0.124. The number of hydrogen-bond acceptors (Lipinski definition) is 4. The summed E-state index contributed by atoms with van der Waals surface area (Å²) < 4.78 is 11.1. The van der Waals surface area contributed by atoms with Gasteiger partial charge in [-0.3, -0.25) is 4.79 Å².